The van der Waals surface area contributed by atoms with Gasteiger partial charge < -0.3 is 28.7 Å². The highest BCUT2D eigenvalue weighted by Gasteiger charge is 2.24. The normalized spacial score (nSPS) is 17.6. The van der Waals surface area contributed by atoms with Crippen molar-refractivity contribution in [1.29, 1.82) is 0 Å². The molecule has 2 aliphatic heterocycles. The van der Waals surface area contributed by atoms with Crippen molar-refractivity contribution in [2.45, 2.75) is 65.2 Å². The molecule has 1 aromatic rings. The summed E-state index contributed by atoms with van der Waals surface area (Å²) in [7, 11) is 0. The maximum absolute atomic E-state index is 12.6. The third kappa shape index (κ3) is 6.75. The van der Waals surface area contributed by atoms with Gasteiger partial charge in [-0.2, -0.15) is 0 Å². The van der Waals surface area contributed by atoms with E-state index >= 15 is 0 Å². The molecule has 8 nitrogen and oxygen atoms in total. The molecule has 1 aromatic carbocycles. The van der Waals surface area contributed by atoms with E-state index in [1.165, 1.54) is 19.3 Å². The number of carbonyl (C=O) groups is 2. The van der Waals surface area contributed by atoms with Gasteiger partial charge >= 0.3 is 12.1 Å². The van der Waals surface area contributed by atoms with Crippen LogP contribution in [0.15, 0.2) is 18.2 Å². The number of benzene rings is 1. The number of rotatable bonds is 9. The SMILES string of the molecule is CCN(C(=O)OC(C)OC(=O)CCN1CCCCC1)C(C)Cc1ccc2c(c1)OCO2. The smallest absolute Gasteiger partial charge is 0.413 e. The zero-order chi connectivity index (χ0) is 22.2. The summed E-state index contributed by atoms with van der Waals surface area (Å²) in [5.74, 6) is 1.11. The minimum absolute atomic E-state index is 0.0973. The fourth-order valence-corrected chi connectivity index (χ4v) is 4.05. The highest BCUT2D eigenvalue weighted by molar-refractivity contribution is 5.71. The van der Waals surface area contributed by atoms with Crippen molar-refractivity contribution in [3.8, 4) is 11.5 Å². The number of hydrogen-bond donors (Lipinski definition) is 0. The van der Waals surface area contributed by atoms with E-state index in [0.717, 1.165) is 30.2 Å². The van der Waals surface area contributed by atoms with E-state index in [1.54, 1.807) is 11.8 Å². The predicted molar refractivity (Wildman–Crippen MR) is 115 cm³/mol. The minimum atomic E-state index is -0.923. The second-order valence-corrected chi connectivity index (χ2v) is 8.12. The summed E-state index contributed by atoms with van der Waals surface area (Å²) in [5.41, 5.74) is 1.04. The highest BCUT2D eigenvalue weighted by Crippen LogP contribution is 2.33. The van der Waals surface area contributed by atoms with Crippen LogP contribution in [0.5, 0.6) is 11.5 Å². The van der Waals surface area contributed by atoms with Gasteiger partial charge in [0.05, 0.1) is 6.42 Å². The van der Waals surface area contributed by atoms with Crippen LogP contribution in [0.25, 0.3) is 0 Å². The zero-order valence-electron chi connectivity index (χ0n) is 18.8. The average Bonchev–Trinajstić information content (AvgIpc) is 3.21. The highest BCUT2D eigenvalue weighted by atomic mass is 16.7. The van der Waals surface area contributed by atoms with Crippen molar-refractivity contribution in [3.05, 3.63) is 23.8 Å². The number of likely N-dealkylation sites (tertiary alicyclic amines) is 1. The van der Waals surface area contributed by atoms with E-state index < -0.39 is 12.4 Å². The van der Waals surface area contributed by atoms with E-state index in [1.807, 2.05) is 32.0 Å². The fourth-order valence-electron chi connectivity index (χ4n) is 4.05. The number of esters is 1. The van der Waals surface area contributed by atoms with Gasteiger partial charge in [0.25, 0.3) is 0 Å². The number of fused-ring (bicyclic) bond motifs is 1. The van der Waals surface area contributed by atoms with Crippen LogP contribution in [0.4, 0.5) is 4.79 Å². The first kappa shape index (κ1) is 23.2. The Bertz CT molecular complexity index is 750. The lowest BCUT2D eigenvalue weighted by Gasteiger charge is -2.29. The Balaban J connectivity index is 1.43. The topological polar surface area (TPSA) is 77.5 Å². The number of hydrogen-bond acceptors (Lipinski definition) is 7. The van der Waals surface area contributed by atoms with E-state index in [-0.39, 0.29) is 18.8 Å². The van der Waals surface area contributed by atoms with E-state index in [2.05, 4.69) is 4.90 Å². The van der Waals surface area contributed by atoms with Crippen LogP contribution in [0.3, 0.4) is 0 Å². The van der Waals surface area contributed by atoms with Gasteiger partial charge in [-0.3, -0.25) is 4.79 Å². The molecule has 2 unspecified atom stereocenters. The molecule has 31 heavy (non-hydrogen) atoms. The van der Waals surface area contributed by atoms with Gasteiger partial charge in [0, 0.05) is 26.1 Å². The molecule has 0 saturated carbocycles. The molecule has 8 heteroatoms. The Kier molecular flexibility index (Phi) is 8.40. The fraction of sp³-hybridized carbons (Fsp3) is 0.652. The minimum Gasteiger partial charge on any atom is -0.454 e. The van der Waals surface area contributed by atoms with E-state index in [0.29, 0.717) is 25.9 Å². The quantitative estimate of drug-likeness (QED) is 0.434. The molecule has 0 N–H and O–H groups in total. The van der Waals surface area contributed by atoms with Gasteiger partial charge in [0.15, 0.2) is 11.5 Å². The lowest BCUT2D eigenvalue weighted by Crippen LogP contribution is -2.41. The lowest BCUT2D eigenvalue weighted by molar-refractivity contribution is -0.166. The van der Waals surface area contributed by atoms with Crippen LogP contribution in [0.2, 0.25) is 0 Å². The maximum Gasteiger partial charge on any atom is 0.413 e. The van der Waals surface area contributed by atoms with Gasteiger partial charge in [-0.1, -0.05) is 12.5 Å². The molecule has 0 bridgehead atoms. The van der Waals surface area contributed by atoms with Crippen LogP contribution >= 0.6 is 0 Å². The number of nitrogens with zero attached hydrogens (tertiary/aromatic N) is 2. The number of likely N-dealkylation sites (N-methyl/N-ethyl adjacent to an activating group) is 1. The molecule has 2 atom stereocenters. The largest absolute Gasteiger partial charge is 0.454 e. The Morgan fingerprint density at radius 1 is 1.10 bits per heavy atom. The Morgan fingerprint density at radius 2 is 1.84 bits per heavy atom. The van der Waals surface area contributed by atoms with Gasteiger partial charge in [-0.05, 0) is 63.9 Å². The summed E-state index contributed by atoms with van der Waals surface area (Å²) < 4.78 is 21.4. The summed E-state index contributed by atoms with van der Waals surface area (Å²) in [6, 6.07) is 5.69. The van der Waals surface area contributed by atoms with Crippen molar-refractivity contribution in [2.75, 3.05) is 33.0 Å². The molecule has 0 radical (unpaired) electrons. The average molecular weight is 435 g/mol. The summed E-state index contributed by atoms with van der Waals surface area (Å²) in [4.78, 5) is 28.7. The van der Waals surface area contributed by atoms with Crippen molar-refractivity contribution >= 4 is 12.1 Å². The van der Waals surface area contributed by atoms with Crippen molar-refractivity contribution in [2.24, 2.45) is 0 Å². The third-order valence-corrected chi connectivity index (χ3v) is 5.72. The predicted octanol–water partition coefficient (Wildman–Crippen LogP) is 3.57. The summed E-state index contributed by atoms with van der Waals surface area (Å²) in [6.07, 6.45) is 3.15. The Morgan fingerprint density at radius 3 is 2.58 bits per heavy atom. The molecule has 1 saturated heterocycles. The molecule has 0 aliphatic carbocycles. The molecule has 172 valence electrons. The molecule has 1 amide bonds. The van der Waals surface area contributed by atoms with Gasteiger partial charge in [-0.15, -0.1) is 0 Å². The second-order valence-electron chi connectivity index (χ2n) is 8.12. The number of piperidine rings is 1. The van der Waals surface area contributed by atoms with Crippen LogP contribution in [0.1, 0.15) is 52.0 Å². The monoisotopic (exact) mass is 434 g/mol. The number of amides is 1. The maximum atomic E-state index is 12.6. The first-order valence-electron chi connectivity index (χ1n) is 11.2. The molecule has 3 rings (SSSR count). The third-order valence-electron chi connectivity index (χ3n) is 5.72. The van der Waals surface area contributed by atoms with Gasteiger partial charge in [-0.25, -0.2) is 4.79 Å². The molecule has 0 spiro atoms. The molecular weight excluding hydrogens is 400 g/mol. The van der Waals surface area contributed by atoms with Gasteiger partial charge in [0.1, 0.15) is 0 Å². The zero-order valence-corrected chi connectivity index (χ0v) is 18.8. The molecule has 1 fully saturated rings. The molecule has 0 aromatic heterocycles. The van der Waals surface area contributed by atoms with Crippen molar-refractivity contribution < 1.29 is 28.5 Å². The van der Waals surface area contributed by atoms with Crippen LogP contribution < -0.4 is 9.47 Å². The first-order chi connectivity index (χ1) is 15.0. The van der Waals surface area contributed by atoms with Gasteiger partial charge in [0.2, 0.25) is 13.1 Å². The van der Waals surface area contributed by atoms with Crippen molar-refractivity contribution in [3.63, 3.8) is 0 Å². The Labute approximate surface area is 184 Å². The summed E-state index contributed by atoms with van der Waals surface area (Å²) >= 11 is 0. The summed E-state index contributed by atoms with van der Waals surface area (Å²) in [6.45, 7) is 8.91. The number of carbonyl (C=O) groups excluding carboxylic acids is 2. The molecule has 2 aliphatic rings. The standard InChI is InChI=1S/C23H34N2O6/c1-4-25(17(2)14-19-8-9-20-21(15-19)29-16-28-20)23(27)31-18(3)30-22(26)10-13-24-11-6-5-7-12-24/h8-9,15,17-18H,4-7,10-14,16H2,1-3H3. The van der Waals surface area contributed by atoms with E-state index in [4.69, 9.17) is 18.9 Å². The number of ether oxygens (including phenoxy) is 4. The second kappa shape index (κ2) is 11.2. The first-order valence-corrected chi connectivity index (χ1v) is 11.2. The van der Waals surface area contributed by atoms with E-state index in [9.17, 15) is 9.59 Å². The summed E-state index contributed by atoms with van der Waals surface area (Å²) in [5, 5.41) is 0. The lowest BCUT2D eigenvalue weighted by atomic mass is 10.1. The van der Waals surface area contributed by atoms with Crippen LogP contribution in [-0.4, -0.2) is 67.2 Å². The Hall–Kier alpha value is -2.48. The molecular formula is C23H34N2O6. The van der Waals surface area contributed by atoms with Crippen LogP contribution in [-0.2, 0) is 20.7 Å². The molecule has 2 heterocycles. The van der Waals surface area contributed by atoms with Crippen molar-refractivity contribution in [1.82, 2.24) is 9.80 Å². The van der Waals surface area contributed by atoms with Crippen LogP contribution in [0, 0.1) is 0 Å².